The molecule has 0 saturated carbocycles. The molecule has 2 aromatic rings. The Labute approximate surface area is 72.9 Å². The lowest BCUT2D eigenvalue weighted by atomic mass is 10.4. The topological polar surface area (TPSA) is 52.3 Å². The minimum Gasteiger partial charge on any atom is -0.493 e. The van der Waals surface area contributed by atoms with Crippen molar-refractivity contribution in [2.45, 2.75) is 0 Å². The summed E-state index contributed by atoms with van der Waals surface area (Å²) >= 11 is 5.76. The van der Waals surface area contributed by atoms with Crippen LogP contribution in [0.4, 0.5) is 0 Å². The van der Waals surface area contributed by atoms with Gasteiger partial charge in [0.25, 0.3) is 0 Å². The van der Waals surface area contributed by atoms with Gasteiger partial charge in [-0.2, -0.15) is 4.52 Å². The van der Waals surface area contributed by atoms with Crippen LogP contribution in [0.2, 0.25) is 5.02 Å². The van der Waals surface area contributed by atoms with E-state index in [1.807, 2.05) is 0 Å². The second-order valence-corrected chi connectivity index (χ2v) is 2.61. The monoisotopic (exact) mass is 184 g/mol. The molecule has 2 aromatic heterocycles. The summed E-state index contributed by atoms with van der Waals surface area (Å²) in [5, 5.41) is 11.4. The minimum atomic E-state index is 0.534. The molecule has 5 nitrogen and oxygen atoms in total. The van der Waals surface area contributed by atoms with Gasteiger partial charge in [-0.3, -0.25) is 0 Å². The Morgan fingerprint density at radius 2 is 2.42 bits per heavy atom. The fourth-order valence-corrected chi connectivity index (χ4v) is 1.13. The summed E-state index contributed by atoms with van der Waals surface area (Å²) in [7, 11) is 1.54. The van der Waals surface area contributed by atoms with E-state index in [1.165, 1.54) is 4.52 Å². The first-order valence-electron chi connectivity index (χ1n) is 3.22. The number of hydrogen-bond acceptors (Lipinski definition) is 4. The lowest BCUT2D eigenvalue weighted by Crippen LogP contribution is -1.91. The Balaban J connectivity index is 2.80. The molecule has 0 unspecified atom stereocenters. The van der Waals surface area contributed by atoms with Gasteiger partial charge in [0.1, 0.15) is 0 Å². The second-order valence-electron chi connectivity index (χ2n) is 2.17. The van der Waals surface area contributed by atoms with E-state index >= 15 is 0 Å². The first kappa shape index (κ1) is 7.30. The Morgan fingerprint density at radius 1 is 1.58 bits per heavy atom. The number of rotatable bonds is 1. The molecule has 0 N–H and O–H groups in total. The number of halogens is 1. The third-order valence-corrected chi connectivity index (χ3v) is 1.65. The predicted molar refractivity (Wildman–Crippen MR) is 42.3 cm³/mol. The van der Waals surface area contributed by atoms with E-state index in [4.69, 9.17) is 16.3 Å². The van der Waals surface area contributed by atoms with E-state index in [9.17, 15) is 0 Å². The summed E-state index contributed by atoms with van der Waals surface area (Å²) < 4.78 is 6.48. The standard InChI is InChI=1S/C6H5ClN4O/c1-12-5-2-4(7)3-11-6(5)8-9-10-11/h2-3H,1H3. The highest BCUT2D eigenvalue weighted by Crippen LogP contribution is 2.20. The van der Waals surface area contributed by atoms with Crippen molar-refractivity contribution in [1.29, 1.82) is 0 Å². The average Bonchev–Trinajstić information content (AvgIpc) is 2.50. The van der Waals surface area contributed by atoms with Crippen LogP contribution in [0.25, 0.3) is 5.65 Å². The lowest BCUT2D eigenvalue weighted by Gasteiger charge is -1.99. The Morgan fingerprint density at radius 3 is 3.17 bits per heavy atom. The molecule has 6 heteroatoms. The molecule has 2 rings (SSSR count). The maximum Gasteiger partial charge on any atom is 0.221 e. The fourth-order valence-electron chi connectivity index (χ4n) is 0.937. The third kappa shape index (κ3) is 0.984. The van der Waals surface area contributed by atoms with Crippen molar-refractivity contribution < 1.29 is 4.74 Å². The van der Waals surface area contributed by atoms with Crippen LogP contribution in [0.3, 0.4) is 0 Å². The molecule has 0 saturated heterocycles. The number of methoxy groups -OCH3 is 1. The zero-order valence-corrected chi connectivity index (χ0v) is 6.99. The molecule has 0 aromatic carbocycles. The van der Waals surface area contributed by atoms with Gasteiger partial charge in [-0.25, -0.2) is 0 Å². The van der Waals surface area contributed by atoms with Gasteiger partial charge in [0.05, 0.1) is 18.3 Å². The number of fused-ring (bicyclic) bond motifs is 1. The smallest absolute Gasteiger partial charge is 0.221 e. The fraction of sp³-hybridized carbons (Fsp3) is 0.167. The van der Waals surface area contributed by atoms with Crippen molar-refractivity contribution in [1.82, 2.24) is 20.0 Å². The maximum absolute atomic E-state index is 5.76. The summed E-state index contributed by atoms with van der Waals surface area (Å²) in [5.74, 6) is 0.563. The normalized spacial score (nSPS) is 10.5. The molecule has 0 spiro atoms. The second kappa shape index (κ2) is 2.60. The van der Waals surface area contributed by atoms with Crippen LogP contribution in [0.15, 0.2) is 12.3 Å². The number of nitrogens with zero attached hydrogens (tertiary/aromatic N) is 4. The van der Waals surface area contributed by atoms with Gasteiger partial charge >= 0.3 is 0 Å². The van der Waals surface area contributed by atoms with Gasteiger partial charge in [-0.05, 0) is 10.4 Å². The van der Waals surface area contributed by atoms with Gasteiger partial charge in [0, 0.05) is 6.07 Å². The number of tetrazole rings is 1. The molecule has 2 heterocycles. The molecule has 0 atom stereocenters. The maximum atomic E-state index is 5.76. The molecular formula is C6H5ClN4O. The zero-order chi connectivity index (χ0) is 8.55. The Hall–Kier alpha value is -1.36. The van der Waals surface area contributed by atoms with Gasteiger partial charge in [-0.15, -0.1) is 5.10 Å². The number of hydrogen-bond donors (Lipinski definition) is 0. The van der Waals surface area contributed by atoms with Crippen molar-refractivity contribution in [2.75, 3.05) is 7.11 Å². The average molecular weight is 185 g/mol. The number of ether oxygens (including phenoxy) is 1. The van der Waals surface area contributed by atoms with Crippen LogP contribution < -0.4 is 4.74 Å². The van der Waals surface area contributed by atoms with E-state index in [2.05, 4.69) is 15.5 Å². The van der Waals surface area contributed by atoms with E-state index in [1.54, 1.807) is 19.4 Å². The van der Waals surface area contributed by atoms with Gasteiger partial charge in [0.15, 0.2) is 5.75 Å². The van der Waals surface area contributed by atoms with Crippen LogP contribution in [-0.2, 0) is 0 Å². The molecule has 0 amide bonds. The quantitative estimate of drug-likeness (QED) is 0.658. The van der Waals surface area contributed by atoms with Crippen LogP contribution in [0.1, 0.15) is 0 Å². The summed E-state index contributed by atoms with van der Waals surface area (Å²) in [6.07, 6.45) is 1.61. The highest BCUT2D eigenvalue weighted by Gasteiger charge is 2.05. The Kier molecular flexibility index (Phi) is 1.58. The molecule has 0 bridgehead atoms. The van der Waals surface area contributed by atoms with E-state index < -0.39 is 0 Å². The van der Waals surface area contributed by atoms with E-state index in [-0.39, 0.29) is 0 Å². The van der Waals surface area contributed by atoms with Crippen molar-refractivity contribution in [3.63, 3.8) is 0 Å². The highest BCUT2D eigenvalue weighted by molar-refractivity contribution is 6.30. The van der Waals surface area contributed by atoms with E-state index in [0.29, 0.717) is 16.4 Å². The molecule has 0 fully saturated rings. The summed E-state index contributed by atoms with van der Waals surface area (Å²) in [4.78, 5) is 0. The lowest BCUT2D eigenvalue weighted by molar-refractivity contribution is 0.416. The minimum absolute atomic E-state index is 0.534. The molecular weight excluding hydrogens is 180 g/mol. The van der Waals surface area contributed by atoms with Gasteiger partial charge < -0.3 is 4.74 Å². The summed E-state index contributed by atoms with van der Waals surface area (Å²) in [6, 6.07) is 1.66. The number of aromatic nitrogens is 4. The molecule has 0 radical (unpaired) electrons. The highest BCUT2D eigenvalue weighted by atomic mass is 35.5. The molecule has 0 aliphatic carbocycles. The van der Waals surface area contributed by atoms with Crippen LogP contribution in [-0.4, -0.2) is 27.2 Å². The van der Waals surface area contributed by atoms with Crippen molar-refractivity contribution in [2.24, 2.45) is 0 Å². The van der Waals surface area contributed by atoms with Gasteiger partial charge in [0.2, 0.25) is 5.65 Å². The molecule has 12 heavy (non-hydrogen) atoms. The first-order chi connectivity index (χ1) is 5.81. The van der Waals surface area contributed by atoms with Crippen molar-refractivity contribution in [3.8, 4) is 5.75 Å². The SMILES string of the molecule is COc1cc(Cl)cn2nnnc12. The molecule has 0 aliphatic rings. The zero-order valence-electron chi connectivity index (χ0n) is 6.23. The first-order valence-corrected chi connectivity index (χ1v) is 3.60. The third-order valence-electron chi connectivity index (χ3n) is 1.45. The van der Waals surface area contributed by atoms with Crippen LogP contribution in [0.5, 0.6) is 5.75 Å². The summed E-state index contributed by atoms with van der Waals surface area (Å²) in [6.45, 7) is 0. The molecule has 0 aliphatic heterocycles. The Bertz CT molecular complexity index is 413. The predicted octanol–water partition coefficient (Wildman–Crippen LogP) is 0.786. The summed E-state index contributed by atoms with van der Waals surface area (Å²) in [5.41, 5.74) is 0.557. The van der Waals surface area contributed by atoms with Crippen LogP contribution >= 0.6 is 11.6 Å². The van der Waals surface area contributed by atoms with Crippen molar-refractivity contribution >= 4 is 17.2 Å². The number of pyridine rings is 1. The van der Waals surface area contributed by atoms with E-state index in [0.717, 1.165) is 0 Å². The largest absolute Gasteiger partial charge is 0.493 e. The van der Waals surface area contributed by atoms with Gasteiger partial charge in [-0.1, -0.05) is 11.6 Å². The molecule has 62 valence electrons. The van der Waals surface area contributed by atoms with Crippen LogP contribution in [0, 0.1) is 0 Å². The van der Waals surface area contributed by atoms with Crippen molar-refractivity contribution in [3.05, 3.63) is 17.3 Å².